The van der Waals surface area contributed by atoms with Crippen LogP contribution in [0.4, 0.5) is 11.6 Å². The summed E-state index contributed by atoms with van der Waals surface area (Å²) in [6, 6.07) is 5.20. The summed E-state index contributed by atoms with van der Waals surface area (Å²) in [5, 5.41) is 8.65. The minimum Gasteiger partial charge on any atom is -0.497 e. The number of methoxy groups -OCH3 is 1. The van der Waals surface area contributed by atoms with Crippen LogP contribution in [0, 0.1) is 0 Å². The predicted molar refractivity (Wildman–Crippen MR) is 69.4 cm³/mol. The molecule has 0 bridgehead atoms. The summed E-state index contributed by atoms with van der Waals surface area (Å²) < 4.78 is 5.88. The molecule has 0 atom stereocenters. The molecule has 0 unspecified atom stereocenters. The molecule has 0 fully saturated rings. The Bertz CT molecular complexity index is 583. The number of anilines is 2. The van der Waals surface area contributed by atoms with E-state index in [2.05, 4.69) is 36.4 Å². The number of amides is 1. The number of halogens is 1. The number of nitrogens with zero attached hydrogens (tertiary/aromatic N) is 2. The summed E-state index contributed by atoms with van der Waals surface area (Å²) in [6.07, 6.45) is 0. The number of ether oxygens (including phenoxy) is 1. The van der Waals surface area contributed by atoms with Crippen molar-refractivity contribution < 1.29 is 9.53 Å². The minimum atomic E-state index is -0.431. The third-order valence-electron chi connectivity index (χ3n) is 2.08. The fraction of sp³-hybridized carbons (Fsp3) is 0.100. The van der Waals surface area contributed by atoms with Crippen molar-refractivity contribution >= 4 is 33.5 Å². The number of carbonyl (C=O) groups excluding carboxylic acids is 1. The summed E-state index contributed by atoms with van der Waals surface area (Å²) in [4.78, 5) is 15.5. The van der Waals surface area contributed by atoms with Gasteiger partial charge in [-0.15, -0.1) is 5.10 Å². The van der Waals surface area contributed by atoms with Crippen molar-refractivity contribution in [3.8, 4) is 5.75 Å². The van der Waals surface area contributed by atoms with Gasteiger partial charge >= 0.3 is 0 Å². The highest BCUT2D eigenvalue weighted by Gasteiger charge is 2.11. The van der Waals surface area contributed by atoms with Gasteiger partial charge in [0, 0.05) is 16.2 Å². The summed E-state index contributed by atoms with van der Waals surface area (Å²) in [7, 11) is 1.55. The Morgan fingerprint density at radius 1 is 1.50 bits per heavy atom. The van der Waals surface area contributed by atoms with E-state index in [-0.39, 0.29) is 11.8 Å². The molecule has 18 heavy (non-hydrogen) atoms. The molecule has 0 saturated heterocycles. The lowest BCUT2D eigenvalue weighted by molar-refractivity contribution is 0.101. The van der Waals surface area contributed by atoms with Crippen molar-refractivity contribution in [3.05, 3.63) is 28.5 Å². The van der Waals surface area contributed by atoms with E-state index in [4.69, 9.17) is 10.5 Å². The van der Waals surface area contributed by atoms with Crippen LogP contribution in [0.15, 0.2) is 22.7 Å². The average molecular weight is 312 g/mol. The van der Waals surface area contributed by atoms with Gasteiger partial charge in [0.25, 0.3) is 5.91 Å². The standard InChI is InChI=1S/C10H10BrN5O2/c1-18-7-3-5(11)2-6(4-7)13-9(17)8-14-10(12)16-15-8/h2-4H,1H3,(H,13,17)(H3,12,14,15,16). The van der Waals surface area contributed by atoms with Gasteiger partial charge in [-0.2, -0.15) is 4.98 Å². The molecule has 4 N–H and O–H groups in total. The van der Waals surface area contributed by atoms with Gasteiger partial charge in [-0.1, -0.05) is 15.9 Å². The minimum absolute atomic E-state index is 0.0203. The second-order valence-corrected chi connectivity index (χ2v) is 4.29. The van der Waals surface area contributed by atoms with Crippen molar-refractivity contribution in [3.63, 3.8) is 0 Å². The van der Waals surface area contributed by atoms with E-state index in [0.29, 0.717) is 11.4 Å². The van der Waals surface area contributed by atoms with Crippen LogP contribution in [0.5, 0.6) is 5.75 Å². The second-order valence-electron chi connectivity index (χ2n) is 3.38. The molecule has 0 radical (unpaired) electrons. The third kappa shape index (κ3) is 2.77. The quantitative estimate of drug-likeness (QED) is 0.794. The first-order chi connectivity index (χ1) is 8.58. The fourth-order valence-electron chi connectivity index (χ4n) is 1.32. The number of H-pyrrole nitrogens is 1. The highest BCUT2D eigenvalue weighted by atomic mass is 79.9. The molecule has 1 heterocycles. The number of carbonyl (C=O) groups is 1. The number of hydrogen-bond acceptors (Lipinski definition) is 5. The van der Waals surface area contributed by atoms with Crippen LogP contribution in [0.25, 0.3) is 0 Å². The fourth-order valence-corrected chi connectivity index (χ4v) is 1.79. The highest BCUT2D eigenvalue weighted by Crippen LogP contribution is 2.24. The zero-order chi connectivity index (χ0) is 13.1. The monoisotopic (exact) mass is 311 g/mol. The van der Waals surface area contributed by atoms with Crippen molar-refractivity contribution in [1.29, 1.82) is 0 Å². The summed E-state index contributed by atoms with van der Waals surface area (Å²) in [5.41, 5.74) is 5.89. The Hall–Kier alpha value is -2.09. The van der Waals surface area contributed by atoms with Crippen LogP contribution in [0.1, 0.15) is 10.6 Å². The van der Waals surface area contributed by atoms with Gasteiger partial charge in [-0.3, -0.25) is 9.89 Å². The molecule has 1 aromatic carbocycles. The first-order valence-electron chi connectivity index (χ1n) is 4.92. The molecule has 2 rings (SSSR count). The normalized spacial score (nSPS) is 10.1. The van der Waals surface area contributed by atoms with E-state index in [9.17, 15) is 4.79 Å². The molecule has 94 valence electrons. The van der Waals surface area contributed by atoms with Crippen molar-refractivity contribution in [1.82, 2.24) is 15.2 Å². The lowest BCUT2D eigenvalue weighted by atomic mass is 10.3. The van der Waals surface area contributed by atoms with Crippen LogP contribution in [-0.2, 0) is 0 Å². The van der Waals surface area contributed by atoms with Crippen molar-refractivity contribution in [2.45, 2.75) is 0 Å². The first kappa shape index (κ1) is 12.4. The maximum atomic E-state index is 11.8. The number of rotatable bonds is 3. The maximum absolute atomic E-state index is 11.8. The third-order valence-corrected chi connectivity index (χ3v) is 2.54. The Morgan fingerprint density at radius 3 is 2.89 bits per heavy atom. The average Bonchev–Trinajstić information content (AvgIpc) is 2.75. The van der Waals surface area contributed by atoms with Gasteiger partial charge in [0.15, 0.2) is 0 Å². The largest absolute Gasteiger partial charge is 0.497 e. The molecule has 0 saturated carbocycles. The summed E-state index contributed by atoms with van der Waals surface area (Å²) >= 11 is 3.32. The van der Waals surface area contributed by atoms with E-state index in [1.165, 1.54) is 0 Å². The van der Waals surface area contributed by atoms with Gasteiger partial charge in [0.2, 0.25) is 11.8 Å². The molecule has 0 spiro atoms. The van der Waals surface area contributed by atoms with Gasteiger partial charge < -0.3 is 15.8 Å². The number of aromatic nitrogens is 3. The van der Waals surface area contributed by atoms with Crippen LogP contribution >= 0.6 is 15.9 Å². The van der Waals surface area contributed by atoms with Gasteiger partial charge in [-0.05, 0) is 12.1 Å². The van der Waals surface area contributed by atoms with Gasteiger partial charge in [0.05, 0.1) is 7.11 Å². The molecular formula is C10H10BrN5O2. The molecule has 0 aliphatic rings. The van der Waals surface area contributed by atoms with Crippen LogP contribution in [0.3, 0.4) is 0 Å². The number of aromatic amines is 1. The number of hydrogen-bond donors (Lipinski definition) is 3. The number of nitrogen functional groups attached to an aromatic ring is 1. The predicted octanol–water partition coefficient (Wildman–Crippen LogP) is 1.41. The van der Waals surface area contributed by atoms with Gasteiger partial charge in [0.1, 0.15) is 5.75 Å². The summed E-state index contributed by atoms with van der Waals surface area (Å²) in [5.74, 6) is 0.259. The Labute approximate surface area is 111 Å². The summed E-state index contributed by atoms with van der Waals surface area (Å²) in [6.45, 7) is 0. The van der Waals surface area contributed by atoms with Crippen LogP contribution in [-0.4, -0.2) is 28.2 Å². The lowest BCUT2D eigenvalue weighted by Gasteiger charge is -2.06. The lowest BCUT2D eigenvalue weighted by Crippen LogP contribution is -2.13. The van der Waals surface area contributed by atoms with Crippen LogP contribution < -0.4 is 15.8 Å². The maximum Gasteiger partial charge on any atom is 0.293 e. The topological polar surface area (TPSA) is 106 Å². The number of benzene rings is 1. The van der Waals surface area contributed by atoms with E-state index < -0.39 is 5.91 Å². The SMILES string of the molecule is COc1cc(Br)cc(NC(=O)c2nc(N)n[nH]2)c1. The van der Waals surface area contributed by atoms with Gasteiger partial charge in [-0.25, -0.2) is 0 Å². The zero-order valence-corrected chi connectivity index (χ0v) is 11.0. The smallest absolute Gasteiger partial charge is 0.293 e. The Morgan fingerprint density at radius 2 is 2.28 bits per heavy atom. The van der Waals surface area contributed by atoms with Crippen molar-refractivity contribution in [2.24, 2.45) is 0 Å². The molecule has 0 aliphatic carbocycles. The highest BCUT2D eigenvalue weighted by molar-refractivity contribution is 9.10. The second kappa shape index (κ2) is 5.05. The molecule has 1 aromatic heterocycles. The molecular weight excluding hydrogens is 302 g/mol. The van der Waals surface area contributed by atoms with Crippen LogP contribution in [0.2, 0.25) is 0 Å². The zero-order valence-electron chi connectivity index (χ0n) is 9.40. The molecule has 8 heteroatoms. The molecule has 0 aliphatic heterocycles. The Balaban J connectivity index is 2.18. The van der Waals surface area contributed by atoms with E-state index >= 15 is 0 Å². The molecule has 7 nitrogen and oxygen atoms in total. The molecule has 1 amide bonds. The number of nitrogens with one attached hydrogen (secondary N) is 2. The number of nitrogens with two attached hydrogens (primary N) is 1. The first-order valence-corrected chi connectivity index (χ1v) is 5.71. The molecule has 2 aromatic rings. The Kier molecular flexibility index (Phi) is 3.47. The van der Waals surface area contributed by atoms with Crippen molar-refractivity contribution in [2.75, 3.05) is 18.2 Å². The van der Waals surface area contributed by atoms with E-state index in [0.717, 1.165) is 4.47 Å². The van der Waals surface area contributed by atoms with E-state index in [1.807, 2.05) is 0 Å². The van der Waals surface area contributed by atoms with E-state index in [1.54, 1.807) is 25.3 Å².